The zero-order valence-electron chi connectivity index (χ0n) is 13.1. The number of carbonyl (C=O) groups excluding carboxylic acids is 1. The summed E-state index contributed by atoms with van der Waals surface area (Å²) in [6.45, 7) is 12.4. The average Bonchev–Trinajstić information content (AvgIpc) is 2.85. The van der Waals surface area contributed by atoms with Crippen LogP contribution in [0.4, 0.5) is 0 Å². The zero-order valence-corrected chi connectivity index (χ0v) is 13.1. The molecule has 4 heteroatoms. The standard InChI is InChI=1S/C15H29N3O/c1-11(2)15(6-7-16-10-15)14(19)18-8-12(3)17(5)13(4)9-18/h11-13,16H,6-10H2,1-5H3. The minimum Gasteiger partial charge on any atom is -0.339 e. The van der Waals surface area contributed by atoms with Crippen LogP contribution in [0.15, 0.2) is 0 Å². The highest BCUT2D eigenvalue weighted by Crippen LogP contribution is 2.37. The van der Waals surface area contributed by atoms with E-state index in [4.69, 9.17) is 0 Å². The first-order valence-electron chi connectivity index (χ1n) is 7.60. The summed E-state index contributed by atoms with van der Waals surface area (Å²) < 4.78 is 0. The van der Waals surface area contributed by atoms with Crippen LogP contribution in [0.1, 0.15) is 34.1 Å². The van der Waals surface area contributed by atoms with Crippen molar-refractivity contribution in [3.8, 4) is 0 Å². The molecular weight excluding hydrogens is 238 g/mol. The fraction of sp³-hybridized carbons (Fsp3) is 0.933. The van der Waals surface area contributed by atoms with Gasteiger partial charge in [0.15, 0.2) is 0 Å². The predicted molar refractivity (Wildman–Crippen MR) is 78.0 cm³/mol. The van der Waals surface area contributed by atoms with E-state index in [1.54, 1.807) is 0 Å². The normalized spacial score (nSPS) is 37.1. The minimum absolute atomic E-state index is 0.171. The van der Waals surface area contributed by atoms with Gasteiger partial charge in [-0.3, -0.25) is 9.69 Å². The Bertz CT molecular complexity index is 324. The van der Waals surface area contributed by atoms with Gasteiger partial charge in [0.2, 0.25) is 5.91 Å². The monoisotopic (exact) mass is 267 g/mol. The molecule has 1 N–H and O–H groups in total. The molecule has 0 radical (unpaired) electrons. The van der Waals surface area contributed by atoms with Gasteiger partial charge in [-0.05, 0) is 39.8 Å². The summed E-state index contributed by atoms with van der Waals surface area (Å²) in [7, 11) is 2.16. The highest BCUT2D eigenvalue weighted by molar-refractivity contribution is 5.84. The lowest BCUT2D eigenvalue weighted by Crippen LogP contribution is -2.60. The maximum atomic E-state index is 13.0. The van der Waals surface area contributed by atoms with Crippen molar-refractivity contribution < 1.29 is 4.79 Å². The van der Waals surface area contributed by atoms with Crippen molar-refractivity contribution in [3.63, 3.8) is 0 Å². The van der Waals surface area contributed by atoms with Crippen molar-refractivity contribution in [1.29, 1.82) is 0 Å². The van der Waals surface area contributed by atoms with E-state index >= 15 is 0 Å². The fourth-order valence-corrected chi connectivity index (χ4v) is 3.52. The zero-order chi connectivity index (χ0) is 14.2. The molecule has 2 aliphatic rings. The van der Waals surface area contributed by atoms with Gasteiger partial charge in [-0.15, -0.1) is 0 Å². The van der Waals surface area contributed by atoms with Crippen LogP contribution in [0.3, 0.4) is 0 Å². The molecule has 0 saturated carbocycles. The predicted octanol–water partition coefficient (Wildman–Crippen LogP) is 1.17. The lowest BCUT2D eigenvalue weighted by Gasteiger charge is -2.46. The van der Waals surface area contributed by atoms with Crippen molar-refractivity contribution in [2.75, 3.05) is 33.2 Å². The Morgan fingerprint density at radius 2 is 1.84 bits per heavy atom. The first-order chi connectivity index (χ1) is 8.88. The summed E-state index contributed by atoms with van der Waals surface area (Å²) in [4.78, 5) is 17.5. The maximum Gasteiger partial charge on any atom is 0.230 e. The summed E-state index contributed by atoms with van der Waals surface area (Å²) >= 11 is 0. The molecule has 0 spiro atoms. The molecule has 4 nitrogen and oxygen atoms in total. The van der Waals surface area contributed by atoms with Crippen LogP contribution in [-0.4, -0.2) is 61.0 Å². The Balaban J connectivity index is 2.15. The largest absolute Gasteiger partial charge is 0.339 e. The molecule has 110 valence electrons. The van der Waals surface area contributed by atoms with Crippen LogP contribution in [0.25, 0.3) is 0 Å². The van der Waals surface area contributed by atoms with Crippen LogP contribution in [-0.2, 0) is 4.79 Å². The summed E-state index contributed by atoms with van der Waals surface area (Å²) in [6, 6.07) is 0.901. The third kappa shape index (κ3) is 2.52. The van der Waals surface area contributed by atoms with Gasteiger partial charge in [-0.2, -0.15) is 0 Å². The number of hydrogen-bond acceptors (Lipinski definition) is 3. The van der Waals surface area contributed by atoms with Gasteiger partial charge in [-0.25, -0.2) is 0 Å². The number of likely N-dealkylation sites (N-methyl/N-ethyl adjacent to an activating group) is 1. The molecule has 0 aromatic carbocycles. The first-order valence-corrected chi connectivity index (χ1v) is 7.60. The molecule has 1 amide bonds. The number of amides is 1. The van der Waals surface area contributed by atoms with Crippen LogP contribution in [0, 0.1) is 11.3 Å². The van der Waals surface area contributed by atoms with E-state index in [1.165, 1.54) is 0 Å². The van der Waals surface area contributed by atoms with Gasteiger partial charge in [0.05, 0.1) is 5.41 Å². The van der Waals surface area contributed by atoms with Gasteiger partial charge in [0, 0.05) is 31.7 Å². The van der Waals surface area contributed by atoms with E-state index in [-0.39, 0.29) is 5.41 Å². The number of carbonyl (C=O) groups is 1. The van der Waals surface area contributed by atoms with Crippen molar-refractivity contribution in [2.45, 2.75) is 46.2 Å². The lowest BCUT2D eigenvalue weighted by molar-refractivity contribution is -0.147. The quantitative estimate of drug-likeness (QED) is 0.816. The minimum atomic E-state index is -0.171. The molecule has 2 fully saturated rings. The van der Waals surface area contributed by atoms with Gasteiger partial charge >= 0.3 is 0 Å². The van der Waals surface area contributed by atoms with E-state index in [1.807, 2.05) is 0 Å². The van der Waals surface area contributed by atoms with Crippen LogP contribution in [0.5, 0.6) is 0 Å². The fourth-order valence-electron chi connectivity index (χ4n) is 3.52. The summed E-state index contributed by atoms with van der Waals surface area (Å²) in [6.07, 6.45) is 0.985. The van der Waals surface area contributed by atoms with Crippen LogP contribution in [0.2, 0.25) is 0 Å². The molecule has 3 unspecified atom stereocenters. The van der Waals surface area contributed by atoms with Crippen molar-refractivity contribution in [1.82, 2.24) is 15.1 Å². The molecule has 0 aromatic heterocycles. The van der Waals surface area contributed by atoms with E-state index in [2.05, 4.69) is 49.9 Å². The molecule has 2 aliphatic heterocycles. The Morgan fingerprint density at radius 3 is 2.26 bits per heavy atom. The van der Waals surface area contributed by atoms with E-state index in [0.29, 0.717) is 23.9 Å². The Kier molecular flexibility index (Phi) is 4.21. The maximum absolute atomic E-state index is 13.0. The Morgan fingerprint density at radius 1 is 1.26 bits per heavy atom. The van der Waals surface area contributed by atoms with Crippen LogP contribution >= 0.6 is 0 Å². The van der Waals surface area contributed by atoms with E-state index < -0.39 is 0 Å². The van der Waals surface area contributed by atoms with Gasteiger partial charge in [0.1, 0.15) is 0 Å². The second-order valence-corrected chi connectivity index (χ2v) is 6.81. The summed E-state index contributed by atoms with van der Waals surface area (Å²) in [5, 5.41) is 3.39. The van der Waals surface area contributed by atoms with Crippen molar-refractivity contribution in [3.05, 3.63) is 0 Å². The molecule has 2 saturated heterocycles. The van der Waals surface area contributed by atoms with E-state index in [0.717, 1.165) is 32.6 Å². The molecule has 0 bridgehead atoms. The third-order valence-corrected chi connectivity index (χ3v) is 5.37. The second kappa shape index (κ2) is 5.41. The topological polar surface area (TPSA) is 35.6 Å². The van der Waals surface area contributed by atoms with E-state index in [9.17, 15) is 4.79 Å². The molecule has 19 heavy (non-hydrogen) atoms. The third-order valence-electron chi connectivity index (χ3n) is 5.37. The summed E-state index contributed by atoms with van der Waals surface area (Å²) in [5.41, 5.74) is -0.171. The van der Waals surface area contributed by atoms with Crippen molar-refractivity contribution >= 4 is 5.91 Å². The second-order valence-electron chi connectivity index (χ2n) is 6.81. The Hall–Kier alpha value is -0.610. The SMILES string of the molecule is CC1CN(C(=O)C2(C(C)C)CCNC2)CC(C)N1C. The number of nitrogens with zero attached hydrogens (tertiary/aromatic N) is 2. The molecule has 0 aromatic rings. The number of nitrogens with one attached hydrogen (secondary N) is 1. The highest BCUT2D eigenvalue weighted by atomic mass is 16.2. The molecular formula is C15H29N3O. The highest BCUT2D eigenvalue weighted by Gasteiger charge is 2.47. The molecule has 2 rings (SSSR count). The van der Waals surface area contributed by atoms with Gasteiger partial charge in [0.25, 0.3) is 0 Å². The molecule has 2 heterocycles. The number of rotatable bonds is 2. The first kappa shape index (κ1) is 14.8. The molecule has 0 aliphatic carbocycles. The average molecular weight is 267 g/mol. The smallest absolute Gasteiger partial charge is 0.230 e. The Labute approximate surface area is 117 Å². The number of hydrogen-bond donors (Lipinski definition) is 1. The summed E-state index contributed by atoms with van der Waals surface area (Å²) in [5.74, 6) is 0.777. The number of piperazine rings is 1. The van der Waals surface area contributed by atoms with Crippen LogP contribution < -0.4 is 5.32 Å². The van der Waals surface area contributed by atoms with Gasteiger partial charge in [-0.1, -0.05) is 13.8 Å². The van der Waals surface area contributed by atoms with Crippen molar-refractivity contribution in [2.24, 2.45) is 11.3 Å². The molecule has 3 atom stereocenters. The lowest BCUT2D eigenvalue weighted by atomic mass is 9.75. The van der Waals surface area contributed by atoms with Gasteiger partial charge < -0.3 is 10.2 Å².